The van der Waals surface area contributed by atoms with E-state index < -0.39 is 0 Å². The molecule has 0 unspecified atom stereocenters. The van der Waals surface area contributed by atoms with Crippen LogP contribution in [0.4, 0.5) is 28.6 Å². The Hall–Kier alpha value is -4.24. The molecule has 1 amide bonds. The number of nitrogens with zero attached hydrogens (tertiary/aromatic N) is 4. The molecule has 2 aromatic carbocycles. The summed E-state index contributed by atoms with van der Waals surface area (Å²) < 4.78 is 12.3. The summed E-state index contributed by atoms with van der Waals surface area (Å²) in [5.41, 5.74) is 5.78. The number of benzene rings is 2. The molecule has 3 aromatic rings. The number of nitrogens with one attached hydrogen (secondary N) is 2. The number of piperidine rings is 1. The molecule has 42 heavy (non-hydrogen) atoms. The molecule has 9 heteroatoms. The largest absolute Gasteiger partial charge is 0.494 e. The minimum atomic E-state index is -0.267. The number of aryl methyl sites for hydroxylation is 2. The van der Waals surface area contributed by atoms with Gasteiger partial charge in [0, 0.05) is 62.8 Å². The average Bonchev–Trinajstić information content (AvgIpc) is 3.00. The molecular formula is C33H42N6O3. The number of aromatic nitrogens is 1. The lowest BCUT2D eigenvalue weighted by Crippen LogP contribution is -2.44. The number of carbonyl (C=O) groups excluding carboxylic acids is 1. The van der Waals surface area contributed by atoms with Crippen molar-refractivity contribution in [1.29, 1.82) is 0 Å². The van der Waals surface area contributed by atoms with Crippen LogP contribution in [-0.4, -0.2) is 69.2 Å². The van der Waals surface area contributed by atoms with Gasteiger partial charge in [0.1, 0.15) is 23.0 Å². The number of hydrogen-bond acceptors (Lipinski definition) is 8. The Balaban J connectivity index is 1.44. The van der Waals surface area contributed by atoms with E-state index in [2.05, 4.69) is 64.1 Å². The number of piperazine rings is 1. The average molecular weight is 571 g/mol. The van der Waals surface area contributed by atoms with Crippen molar-refractivity contribution >= 4 is 34.5 Å². The van der Waals surface area contributed by atoms with E-state index >= 15 is 0 Å². The number of likely N-dealkylation sites (N-methyl/N-ethyl adjacent to an activating group) is 1. The van der Waals surface area contributed by atoms with Crippen LogP contribution in [0, 0.1) is 13.8 Å². The van der Waals surface area contributed by atoms with Gasteiger partial charge in [-0.15, -0.1) is 0 Å². The first-order valence-corrected chi connectivity index (χ1v) is 14.7. The summed E-state index contributed by atoms with van der Waals surface area (Å²) >= 11 is 0. The second-order valence-electron chi connectivity index (χ2n) is 11.1. The lowest BCUT2D eigenvalue weighted by Gasteiger charge is -2.35. The predicted molar refractivity (Wildman–Crippen MR) is 171 cm³/mol. The predicted octanol–water partition coefficient (Wildman–Crippen LogP) is 6.11. The first-order valence-electron chi connectivity index (χ1n) is 14.7. The van der Waals surface area contributed by atoms with Crippen molar-refractivity contribution in [2.24, 2.45) is 0 Å². The molecule has 222 valence electrons. The van der Waals surface area contributed by atoms with Crippen LogP contribution < -0.4 is 29.9 Å². The van der Waals surface area contributed by atoms with Gasteiger partial charge in [-0.2, -0.15) is 4.98 Å². The van der Waals surface area contributed by atoms with Crippen LogP contribution in [0.15, 0.2) is 55.1 Å². The van der Waals surface area contributed by atoms with Gasteiger partial charge in [0.25, 0.3) is 0 Å². The molecule has 2 N–H and O–H groups in total. The van der Waals surface area contributed by atoms with Crippen molar-refractivity contribution in [3.05, 3.63) is 66.2 Å². The molecule has 2 aliphatic heterocycles. The fraction of sp³-hybridized carbons (Fsp3) is 0.394. The van der Waals surface area contributed by atoms with Gasteiger partial charge >= 0.3 is 0 Å². The van der Waals surface area contributed by atoms with Crippen molar-refractivity contribution < 1.29 is 14.3 Å². The number of rotatable bonds is 9. The second-order valence-corrected chi connectivity index (χ2v) is 11.1. The van der Waals surface area contributed by atoms with Gasteiger partial charge in [0.15, 0.2) is 0 Å². The molecule has 0 spiro atoms. The summed E-state index contributed by atoms with van der Waals surface area (Å²) in [5, 5.41) is 6.34. The van der Waals surface area contributed by atoms with Crippen LogP contribution in [0.25, 0.3) is 0 Å². The molecule has 2 fully saturated rings. The molecule has 5 rings (SSSR count). The van der Waals surface area contributed by atoms with E-state index in [1.54, 1.807) is 7.11 Å². The molecule has 0 aliphatic carbocycles. The molecule has 0 saturated carbocycles. The molecule has 0 atom stereocenters. The maximum absolute atomic E-state index is 12.0. The topological polar surface area (TPSA) is 82.2 Å². The highest BCUT2D eigenvalue weighted by Gasteiger charge is 2.21. The maximum atomic E-state index is 12.0. The highest BCUT2D eigenvalue weighted by atomic mass is 16.5. The van der Waals surface area contributed by atoms with Crippen molar-refractivity contribution in [1.82, 2.24) is 9.88 Å². The van der Waals surface area contributed by atoms with Gasteiger partial charge in [0.05, 0.1) is 12.8 Å². The molecule has 9 nitrogen and oxygen atoms in total. The summed E-state index contributed by atoms with van der Waals surface area (Å²) in [6.45, 7) is 13.6. The van der Waals surface area contributed by atoms with Crippen LogP contribution in [0.2, 0.25) is 0 Å². The number of methoxy groups -OCH3 is 1. The molecule has 1 aromatic heterocycles. The van der Waals surface area contributed by atoms with Crippen molar-refractivity contribution in [2.75, 3.05) is 73.9 Å². The number of anilines is 5. The molecule has 2 aliphatic rings. The second kappa shape index (κ2) is 13.2. The number of ether oxygens (including phenoxy) is 2. The summed E-state index contributed by atoms with van der Waals surface area (Å²) in [7, 11) is 3.86. The van der Waals surface area contributed by atoms with Gasteiger partial charge in [0.2, 0.25) is 11.8 Å². The standard InChI is InChI=1S/C33H42N6O3/c1-6-32(40)35-26-21-25(11-10-23(26)2)42-33-28(38-14-8-7-9-15-38)12-13-31(36-33)34-27-20-24(3)29(22-30(27)41-5)39-18-16-37(4)17-19-39/h6,10-13,20-22H,1,7-9,14-19H2,2-5H3,(H,34,36)(H,35,40). The smallest absolute Gasteiger partial charge is 0.247 e. The normalized spacial score (nSPS) is 15.7. The number of hydrogen-bond donors (Lipinski definition) is 2. The SMILES string of the molecule is C=CC(=O)Nc1cc(Oc2nc(Nc3cc(C)c(N4CCN(C)CC4)cc3OC)ccc2N2CCCCC2)ccc1C. The van der Waals surface area contributed by atoms with Gasteiger partial charge in [-0.3, -0.25) is 4.79 Å². The Bertz CT molecular complexity index is 1430. The van der Waals surface area contributed by atoms with E-state index in [1.165, 1.54) is 23.7 Å². The molecule has 3 heterocycles. The van der Waals surface area contributed by atoms with Crippen molar-refractivity contribution in [3.63, 3.8) is 0 Å². The summed E-state index contributed by atoms with van der Waals surface area (Å²) in [6.07, 6.45) is 4.76. The Labute approximate surface area is 249 Å². The van der Waals surface area contributed by atoms with E-state index in [4.69, 9.17) is 14.5 Å². The quantitative estimate of drug-likeness (QED) is 0.298. The zero-order valence-corrected chi connectivity index (χ0v) is 25.2. The third kappa shape index (κ3) is 6.79. The van der Waals surface area contributed by atoms with E-state index in [-0.39, 0.29) is 5.91 Å². The fourth-order valence-corrected chi connectivity index (χ4v) is 5.52. The van der Waals surface area contributed by atoms with Crippen LogP contribution in [0.5, 0.6) is 17.4 Å². The van der Waals surface area contributed by atoms with E-state index in [0.717, 1.165) is 74.8 Å². The first-order chi connectivity index (χ1) is 20.3. The van der Waals surface area contributed by atoms with Crippen LogP contribution in [0.1, 0.15) is 30.4 Å². The maximum Gasteiger partial charge on any atom is 0.247 e. The molecule has 0 radical (unpaired) electrons. The Morgan fingerprint density at radius 3 is 2.33 bits per heavy atom. The van der Waals surface area contributed by atoms with E-state index in [0.29, 0.717) is 23.1 Å². The Kier molecular flexibility index (Phi) is 9.17. The van der Waals surface area contributed by atoms with Crippen LogP contribution in [0.3, 0.4) is 0 Å². The van der Waals surface area contributed by atoms with Crippen LogP contribution >= 0.6 is 0 Å². The zero-order valence-electron chi connectivity index (χ0n) is 25.2. The van der Waals surface area contributed by atoms with Gasteiger partial charge < -0.3 is 34.8 Å². The fourth-order valence-electron chi connectivity index (χ4n) is 5.52. The molecule has 2 saturated heterocycles. The van der Waals surface area contributed by atoms with Crippen molar-refractivity contribution in [3.8, 4) is 17.4 Å². The highest BCUT2D eigenvalue weighted by molar-refractivity contribution is 5.99. The highest BCUT2D eigenvalue weighted by Crippen LogP contribution is 2.38. The summed E-state index contributed by atoms with van der Waals surface area (Å²) in [5.74, 6) is 2.25. The third-order valence-electron chi connectivity index (χ3n) is 8.03. The van der Waals surface area contributed by atoms with E-state index in [1.807, 2.05) is 31.2 Å². The third-order valence-corrected chi connectivity index (χ3v) is 8.03. The Morgan fingerprint density at radius 2 is 1.62 bits per heavy atom. The van der Waals surface area contributed by atoms with Gasteiger partial charge in [-0.25, -0.2) is 0 Å². The zero-order chi connectivity index (χ0) is 29.6. The lowest BCUT2D eigenvalue weighted by molar-refractivity contribution is -0.111. The monoisotopic (exact) mass is 570 g/mol. The summed E-state index contributed by atoms with van der Waals surface area (Å²) in [4.78, 5) is 24.0. The minimum absolute atomic E-state index is 0.267. The minimum Gasteiger partial charge on any atom is -0.494 e. The Morgan fingerprint density at radius 1 is 0.881 bits per heavy atom. The number of amides is 1. The van der Waals surface area contributed by atoms with Gasteiger partial charge in [-0.05, 0) is 81.6 Å². The molecule has 0 bridgehead atoms. The lowest BCUT2D eigenvalue weighted by atomic mass is 10.1. The van der Waals surface area contributed by atoms with Gasteiger partial charge in [-0.1, -0.05) is 12.6 Å². The van der Waals surface area contributed by atoms with E-state index in [9.17, 15) is 4.79 Å². The van der Waals surface area contributed by atoms with Crippen LogP contribution in [-0.2, 0) is 4.79 Å². The molecular weight excluding hydrogens is 528 g/mol. The number of pyridine rings is 1. The first kappa shape index (κ1) is 29.3. The van der Waals surface area contributed by atoms with Crippen molar-refractivity contribution in [2.45, 2.75) is 33.1 Å². The summed E-state index contributed by atoms with van der Waals surface area (Å²) in [6, 6.07) is 13.9. The number of carbonyl (C=O) groups is 1.